The molecule has 0 heterocycles. The minimum atomic E-state index is -0.552. The zero-order chi connectivity index (χ0) is 18.6. The van der Waals surface area contributed by atoms with Gasteiger partial charge in [-0.1, -0.05) is 23.2 Å². The summed E-state index contributed by atoms with van der Waals surface area (Å²) in [6.07, 6.45) is 1.47. The number of hydrogen-bond acceptors (Lipinski definition) is 3. The molecule has 0 spiro atoms. The maximum absolute atomic E-state index is 12.3. The molecule has 8 heteroatoms. The van der Waals surface area contributed by atoms with Gasteiger partial charge in [-0.15, -0.1) is 0 Å². The molecule has 1 N–H and O–H groups in total. The van der Waals surface area contributed by atoms with Gasteiger partial charge in [0, 0.05) is 5.69 Å². The lowest BCUT2D eigenvalue weighted by atomic mass is 10.1. The highest BCUT2D eigenvalue weighted by Crippen LogP contribution is 2.35. The Morgan fingerprint density at radius 1 is 1.20 bits per heavy atom. The number of carbonyl (C=O) groups excluding carboxylic acids is 1. The smallest absolute Gasteiger partial charge is 0.266 e. The number of anilines is 1. The summed E-state index contributed by atoms with van der Waals surface area (Å²) >= 11 is 18.5. The number of methoxy groups -OCH3 is 1. The van der Waals surface area contributed by atoms with Gasteiger partial charge in [0.15, 0.2) is 0 Å². The zero-order valence-electron chi connectivity index (χ0n) is 12.7. The van der Waals surface area contributed by atoms with E-state index in [1.54, 1.807) is 31.4 Å². The number of nitriles is 1. The molecule has 0 aliphatic rings. The largest absolute Gasteiger partial charge is 0.494 e. The van der Waals surface area contributed by atoms with Crippen LogP contribution < -0.4 is 10.1 Å². The van der Waals surface area contributed by atoms with E-state index in [1.165, 1.54) is 12.1 Å². The molecular weight excluding hydrogens is 495 g/mol. The molecule has 1 amide bonds. The first-order chi connectivity index (χ1) is 11.8. The van der Waals surface area contributed by atoms with E-state index in [0.29, 0.717) is 36.0 Å². The quantitative estimate of drug-likeness (QED) is 0.406. The molecule has 4 nitrogen and oxygen atoms in total. The molecule has 0 atom stereocenters. The van der Waals surface area contributed by atoms with E-state index in [4.69, 9.17) is 27.9 Å². The maximum Gasteiger partial charge on any atom is 0.266 e. The lowest BCUT2D eigenvalue weighted by Crippen LogP contribution is -2.13. The third kappa shape index (κ3) is 4.99. The SMILES string of the molecule is COc1c(Br)cc(/C=C(/C#N)C(=O)Nc2ccc(Cl)c(Cl)c2)cc1Br. The fourth-order valence-corrected chi connectivity index (χ4v) is 3.79. The Kier molecular flexibility index (Phi) is 6.91. The summed E-state index contributed by atoms with van der Waals surface area (Å²) in [5.74, 6) is 0.0693. The highest BCUT2D eigenvalue weighted by molar-refractivity contribution is 9.11. The summed E-state index contributed by atoms with van der Waals surface area (Å²) in [4.78, 5) is 12.3. The van der Waals surface area contributed by atoms with Crippen LogP contribution in [0.2, 0.25) is 10.0 Å². The van der Waals surface area contributed by atoms with Gasteiger partial charge in [0.1, 0.15) is 17.4 Å². The third-order valence-corrected chi connectivity index (χ3v) is 5.00. The second-order valence-corrected chi connectivity index (χ2v) is 7.29. The van der Waals surface area contributed by atoms with Crippen molar-refractivity contribution in [2.45, 2.75) is 0 Å². The summed E-state index contributed by atoms with van der Waals surface area (Å²) in [5.41, 5.74) is 1.04. The number of ether oxygens (including phenoxy) is 1. The summed E-state index contributed by atoms with van der Waals surface area (Å²) in [6, 6.07) is 10.1. The van der Waals surface area contributed by atoms with Crippen LogP contribution in [0.4, 0.5) is 5.69 Å². The van der Waals surface area contributed by atoms with Crippen molar-refractivity contribution in [2.75, 3.05) is 12.4 Å². The topological polar surface area (TPSA) is 62.1 Å². The molecule has 0 aliphatic carbocycles. The number of benzene rings is 2. The highest BCUT2D eigenvalue weighted by atomic mass is 79.9. The van der Waals surface area contributed by atoms with Crippen molar-refractivity contribution in [3.63, 3.8) is 0 Å². The van der Waals surface area contributed by atoms with Crippen molar-refractivity contribution in [2.24, 2.45) is 0 Å². The lowest BCUT2D eigenvalue weighted by Gasteiger charge is -2.08. The Morgan fingerprint density at radius 3 is 2.36 bits per heavy atom. The number of rotatable bonds is 4. The van der Waals surface area contributed by atoms with Gasteiger partial charge in [-0.05, 0) is 73.8 Å². The first-order valence-electron chi connectivity index (χ1n) is 6.77. The van der Waals surface area contributed by atoms with E-state index in [0.717, 1.165) is 0 Å². The van der Waals surface area contributed by atoms with Crippen molar-refractivity contribution in [1.29, 1.82) is 5.26 Å². The number of amides is 1. The Morgan fingerprint density at radius 2 is 1.84 bits per heavy atom. The fraction of sp³-hybridized carbons (Fsp3) is 0.0588. The molecule has 2 aromatic rings. The Hall–Kier alpha value is -1.52. The standard InChI is InChI=1S/C17H10Br2Cl2N2O2/c1-25-16-12(18)5-9(6-13(16)19)4-10(8-22)17(24)23-11-2-3-14(20)15(21)7-11/h2-7H,1H3,(H,23,24)/b10-4-. The molecule has 0 fully saturated rings. The molecule has 0 aromatic heterocycles. The molecule has 0 bridgehead atoms. The second kappa shape index (κ2) is 8.72. The predicted molar refractivity (Wildman–Crippen MR) is 107 cm³/mol. The van der Waals surface area contributed by atoms with E-state index in [-0.39, 0.29) is 5.57 Å². The molecule has 2 rings (SSSR count). The summed E-state index contributed by atoms with van der Waals surface area (Å²) in [5, 5.41) is 12.6. The fourth-order valence-electron chi connectivity index (χ4n) is 1.95. The number of hydrogen-bond donors (Lipinski definition) is 1. The predicted octanol–water partition coefficient (Wildman–Crippen LogP) is 6.07. The van der Waals surface area contributed by atoms with E-state index < -0.39 is 5.91 Å². The number of carbonyl (C=O) groups is 1. The first-order valence-corrected chi connectivity index (χ1v) is 9.11. The molecular formula is C17H10Br2Cl2N2O2. The van der Waals surface area contributed by atoms with Crippen molar-refractivity contribution in [1.82, 2.24) is 0 Å². The molecule has 0 unspecified atom stereocenters. The average Bonchev–Trinajstić information content (AvgIpc) is 2.55. The van der Waals surface area contributed by atoms with Crippen molar-refractivity contribution in [3.05, 3.63) is 60.5 Å². The zero-order valence-corrected chi connectivity index (χ0v) is 17.4. The van der Waals surface area contributed by atoms with Crippen LogP contribution in [0.25, 0.3) is 6.08 Å². The van der Waals surface area contributed by atoms with Crippen LogP contribution in [-0.4, -0.2) is 13.0 Å². The third-order valence-electron chi connectivity index (χ3n) is 3.08. The van der Waals surface area contributed by atoms with Crippen LogP contribution in [0.3, 0.4) is 0 Å². The monoisotopic (exact) mass is 502 g/mol. The van der Waals surface area contributed by atoms with Gasteiger partial charge >= 0.3 is 0 Å². The van der Waals surface area contributed by atoms with E-state index in [2.05, 4.69) is 37.2 Å². The van der Waals surface area contributed by atoms with Gasteiger partial charge in [-0.2, -0.15) is 5.26 Å². The van der Waals surface area contributed by atoms with Gasteiger partial charge < -0.3 is 10.1 Å². The molecule has 25 heavy (non-hydrogen) atoms. The first kappa shape index (κ1) is 19.8. The Bertz CT molecular complexity index is 885. The van der Waals surface area contributed by atoms with Gasteiger partial charge in [-0.25, -0.2) is 0 Å². The minimum absolute atomic E-state index is 0.0601. The van der Waals surface area contributed by atoms with Crippen LogP contribution in [-0.2, 0) is 4.79 Å². The van der Waals surface area contributed by atoms with Crippen LogP contribution in [0.5, 0.6) is 5.75 Å². The van der Waals surface area contributed by atoms with Gasteiger partial charge in [0.25, 0.3) is 5.91 Å². The second-order valence-electron chi connectivity index (χ2n) is 4.77. The van der Waals surface area contributed by atoms with E-state index >= 15 is 0 Å². The van der Waals surface area contributed by atoms with Crippen LogP contribution in [0, 0.1) is 11.3 Å². The minimum Gasteiger partial charge on any atom is -0.494 e. The summed E-state index contributed by atoms with van der Waals surface area (Å²) in [6.45, 7) is 0. The molecule has 0 aliphatic heterocycles. The van der Waals surface area contributed by atoms with Crippen LogP contribution in [0.15, 0.2) is 44.9 Å². The average molecular weight is 505 g/mol. The van der Waals surface area contributed by atoms with Crippen LogP contribution >= 0.6 is 55.1 Å². The number of nitrogens with one attached hydrogen (secondary N) is 1. The Labute approximate surface area is 171 Å². The van der Waals surface area contributed by atoms with Gasteiger partial charge in [0.05, 0.1) is 26.1 Å². The molecule has 0 saturated heterocycles. The van der Waals surface area contributed by atoms with Crippen molar-refractivity contribution in [3.8, 4) is 11.8 Å². The summed E-state index contributed by atoms with van der Waals surface area (Å²) < 4.78 is 6.61. The molecule has 0 radical (unpaired) electrons. The molecule has 0 saturated carbocycles. The number of halogens is 4. The van der Waals surface area contributed by atoms with Crippen LogP contribution in [0.1, 0.15) is 5.56 Å². The van der Waals surface area contributed by atoms with E-state index in [9.17, 15) is 10.1 Å². The van der Waals surface area contributed by atoms with E-state index in [1.807, 2.05) is 6.07 Å². The van der Waals surface area contributed by atoms with Gasteiger partial charge in [0.2, 0.25) is 0 Å². The Balaban J connectivity index is 2.29. The molecule has 128 valence electrons. The lowest BCUT2D eigenvalue weighted by molar-refractivity contribution is -0.112. The highest BCUT2D eigenvalue weighted by Gasteiger charge is 2.12. The normalized spacial score (nSPS) is 11.0. The van der Waals surface area contributed by atoms with Crippen molar-refractivity contribution >= 4 is 72.7 Å². The molecule has 2 aromatic carbocycles. The van der Waals surface area contributed by atoms with Crippen molar-refractivity contribution < 1.29 is 9.53 Å². The summed E-state index contributed by atoms with van der Waals surface area (Å²) in [7, 11) is 1.55. The number of nitrogens with zero attached hydrogens (tertiary/aromatic N) is 1. The maximum atomic E-state index is 12.3. The van der Waals surface area contributed by atoms with Gasteiger partial charge in [-0.3, -0.25) is 4.79 Å².